The van der Waals surface area contributed by atoms with Crippen LogP contribution in [0.1, 0.15) is 40.4 Å². The summed E-state index contributed by atoms with van der Waals surface area (Å²) in [6.45, 7) is 9.61. The molecule has 5 nitrogen and oxygen atoms in total. The van der Waals surface area contributed by atoms with Crippen molar-refractivity contribution >= 4 is 27.3 Å². The minimum absolute atomic E-state index is 0.155. The van der Waals surface area contributed by atoms with E-state index in [0.717, 1.165) is 5.76 Å². The topological polar surface area (TPSA) is 72.2 Å². The maximum atomic E-state index is 12.8. The third-order valence-electron chi connectivity index (χ3n) is 3.80. The Morgan fingerprint density at radius 3 is 2.21 bits per heavy atom. The van der Waals surface area contributed by atoms with E-state index in [1.165, 1.54) is 12.1 Å². The summed E-state index contributed by atoms with van der Waals surface area (Å²) in [5.74, 6) is 1.27. The second-order valence-corrected chi connectivity index (χ2v) is 10.4. The lowest BCUT2D eigenvalue weighted by atomic mass is 9.93. The molecule has 0 saturated heterocycles. The van der Waals surface area contributed by atoms with E-state index < -0.39 is 14.6 Å². The summed E-state index contributed by atoms with van der Waals surface area (Å²) < 4.78 is 29.9. The Kier molecular flexibility index (Phi) is 5.02. The molecule has 1 heterocycles. The number of nitrogens with zero attached hydrogens (tertiary/aromatic N) is 1. The Morgan fingerprint density at radius 1 is 1.12 bits per heavy atom. The van der Waals surface area contributed by atoms with E-state index in [-0.39, 0.29) is 16.9 Å². The van der Waals surface area contributed by atoms with Crippen LogP contribution in [0, 0.1) is 0 Å². The first-order valence-electron chi connectivity index (χ1n) is 7.65. The first-order valence-corrected chi connectivity index (χ1v) is 9.51. The molecule has 1 aromatic carbocycles. The van der Waals surface area contributed by atoms with Crippen LogP contribution < -0.4 is 5.32 Å². The smallest absolute Gasteiger partial charge is 0.185 e. The summed E-state index contributed by atoms with van der Waals surface area (Å²) >= 11 is 5.83. The molecule has 0 amide bonds. The van der Waals surface area contributed by atoms with Gasteiger partial charge in [-0.15, -0.1) is 0 Å². The van der Waals surface area contributed by atoms with Crippen molar-refractivity contribution in [2.75, 3.05) is 11.9 Å². The van der Waals surface area contributed by atoms with Crippen LogP contribution in [0.3, 0.4) is 0 Å². The zero-order chi connectivity index (χ0) is 18.2. The van der Waals surface area contributed by atoms with Crippen molar-refractivity contribution in [3.63, 3.8) is 0 Å². The van der Waals surface area contributed by atoms with Gasteiger partial charge in [-0.1, -0.05) is 37.5 Å². The van der Waals surface area contributed by atoms with Gasteiger partial charge >= 0.3 is 0 Å². The molecule has 0 aliphatic rings. The molecule has 2 aromatic rings. The van der Waals surface area contributed by atoms with Crippen LogP contribution in [-0.4, -0.2) is 24.9 Å². The quantitative estimate of drug-likeness (QED) is 0.849. The van der Waals surface area contributed by atoms with Gasteiger partial charge in [0.05, 0.1) is 9.64 Å². The van der Waals surface area contributed by atoms with Crippen LogP contribution in [0.15, 0.2) is 39.8 Å². The molecule has 0 aliphatic heterocycles. The fourth-order valence-electron chi connectivity index (χ4n) is 2.04. The second-order valence-electron chi connectivity index (χ2n) is 7.40. The van der Waals surface area contributed by atoms with Gasteiger partial charge in [0.15, 0.2) is 15.7 Å². The number of benzene rings is 1. The van der Waals surface area contributed by atoms with E-state index in [0.29, 0.717) is 10.8 Å². The Hall–Kier alpha value is -1.53. The van der Waals surface area contributed by atoms with Gasteiger partial charge in [0.25, 0.3) is 0 Å². The van der Waals surface area contributed by atoms with Crippen LogP contribution >= 0.6 is 11.6 Å². The minimum Gasteiger partial charge on any atom is -0.366 e. The molecule has 7 heteroatoms. The van der Waals surface area contributed by atoms with Crippen LogP contribution in [0.4, 0.5) is 5.82 Å². The van der Waals surface area contributed by atoms with Gasteiger partial charge in [-0.3, -0.25) is 0 Å². The largest absolute Gasteiger partial charge is 0.366 e. The molecule has 0 unspecified atom stereocenters. The summed E-state index contributed by atoms with van der Waals surface area (Å²) in [6.07, 6.45) is 0. The molecule has 0 fully saturated rings. The highest BCUT2D eigenvalue weighted by atomic mass is 35.5. The molecule has 0 radical (unpaired) electrons. The Bertz CT molecular complexity index is 803. The molecule has 1 N–H and O–H groups in total. The zero-order valence-corrected chi connectivity index (χ0v) is 16.1. The summed E-state index contributed by atoms with van der Waals surface area (Å²) in [4.78, 5) is 0.245. The van der Waals surface area contributed by atoms with Crippen LogP contribution in [0.5, 0.6) is 0 Å². The molecule has 2 rings (SSSR count). The lowest BCUT2D eigenvalue weighted by Crippen LogP contribution is -2.39. The highest BCUT2D eigenvalue weighted by Crippen LogP contribution is 2.28. The van der Waals surface area contributed by atoms with E-state index in [4.69, 9.17) is 16.1 Å². The number of hydrogen-bond acceptors (Lipinski definition) is 5. The molecule has 0 bridgehead atoms. The molecule has 0 aliphatic carbocycles. The average Bonchev–Trinajstić information content (AvgIpc) is 2.94. The number of hydrogen-bond donors (Lipinski definition) is 1. The Balaban J connectivity index is 2.15. The van der Waals surface area contributed by atoms with Crippen LogP contribution in [0.2, 0.25) is 5.02 Å². The van der Waals surface area contributed by atoms with Crippen molar-refractivity contribution in [1.82, 2.24) is 5.16 Å². The highest BCUT2D eigenvalue weighted by molar-refractivity contribution is 7.92. The van der Waals surface area contributed by atoms with E-state index in [1.807, 2.05) is 20.8 Å². The fourth-order valence-corrected chi connectivity index (χ4v) is 3.56. The van der Waals surface area contributed by atoms with Crippen LogP contribution in [-0.2, 0) is 15.3 Å². The molecule has 24 heavy (non-hydrogen) atoms. The van der Waals surface area contributed by atoms with Gasteiger partial charge in [-0.25, -0.2) is 8.42 Å². The van der Waals surface area contributed by atoms with Crippen molar-refractivity contribution in [3.05, 3.63) is 41.1 Å². The number of sulfone groups is 1. The molecule has 0 saturated carbocycles. The monoisotopic (exact) mass is 370 g/mol. The van der Waals surface area contributed by atoms with Crippen molar-refractivity contribution < 1.29 is 12.9 Å². The third-order valence-corrected chi connectivity index (χ3v) is 6.54. The minimum atomic E-state index is -3.53. The highest BCUT2D eigenvalue weighted by Gasteiger charge is 2.36. The predicted molar refractivity (Wildman–Crippen MR) is 96.4 cm³/mol. The van der Waals surface area contributed by atoms with E-state index in [1.54, 1.807) is 32.0 Å². The van der Waals surface area contributed by atoms with Gasteiger partial charge in [-0.2, -0.15) is 0 Å². The maximum Gasteiger partial charge on any atom is 0.185 e. The van der Waals surface area contributed by atoms with Crippen molar-refractivity contribution in [1.29, 1.82) is 0 Å². The Labute approximate surface area is 148 Å². The third kappa shape index (κ3) is 3.92. The van der Waals surface area contributed by atoms with Crippen molar-refractivity contribution in [3.8, 4) is 0 Å². The molecule has 132 valence electrons. The normalized spacial score (nSPS) is 13.1. The summed E-state index contributed by atoms with van der Waals surface area (Å²) in [6, 6.07) is 7.99. The predicted octanol–water partition coefficient (Wildman–Crippen LogP) is 4.29. The molecule has 0 spiro atoms. The summed E-state index contributed by atoms with van der Waals surface area (Å²) in [5, 5.41) is 7.51. The average molecular weight is 371 g/mol. The van der Waals surface area contributed by atoms with Gasteiger partial charge in [-0.05, 0) is 38.1 Å². The van der Waals surface area contributed by atoms with Gasteiger partial charge in [0.1, 0.15) is 5.76 Å². The summed E-state index contributed by atoms with van der Waals surface area (Å²) in [7, 11) is -3.53. The molecule has 0 atom stereocenters. The second kappa shape index (κ2) is 6.41. The van der Waals surface area contributed by atoms with Gasteiger partial charge < -0.3 is 9.84 Å². The number of nitrogens with one attached hydrogen (secondary N) is 1. The Morgan fingerprint density at radius 2 is 1.71 bits per heavy atom. The van der Waals surface area contributed by atoms with Gasteiger partial charge in [0.2, 0.25) is 0 Å². The molecular weight excluding hydrogens is 348 g/mol. The number of halogens is 1. The maximum absolute atomic E-state index is 12.8. The number of rotatable bonds is 5. The van der Waals surface area contributed by atoms with Crippen molar-refractivity contribution in [2.24, 2.45) is 0 Å². The first-order chi connectivity index (χ1) is 10.9. The zero-order valence-electron chi connectivity index (χ0n) is 14.6. The summed E-state index contributed by atoms with van der Waals surface area (Å²) in [5.41, 5.74) is -0.155. The number of anilines is 1. The van der Waals surface area contributed by atoms with E-state index >= 15 is 0 Å². The van der Waals surface area contributed by atoms with E-state index in [2.05, 4.69) is 10.5 Å². The van der Waals surface area contributed by atoms with E-state index in [9.17, 15) is 8.42 Å². The molecular formula is C17H23ClN2O3S. The van der Waals surface area contributed by atoms with Gasteiger partial charge in [0, 0.05) is 23.0 Å². The fraction of sp³-hybridized carbons (Fsp3) is 0.471. The standard InChI is InChI=1S/C17H23ClN2O3S/c1-16(2,3)14-10-15(20-23-14)19-11-17(4,5)24(21,22)13-8-6-12(18)7-9-13/h6-10H,11H2,1-5H3,(H,19,20). The SMILES string of the molecule is CC(C)(C)c1cc(NCC(C)(C)S(=O)(=O)c2ccc(Cl)cc2)no1. The van der Waals surface area contributed by atoms with Crippen molar-refractivity contribution in [2.45, 2.75) is 49.7 Å². The lowest BCUT2D eigenvalue weighted by molar-refractivity contribution is 0.330. The molecule has 1 aromatic heterocycles. The first kappa shape index (κ1) is 18.8. The lowest BCUT2D eigenvalue weighted by Gasteiger charge is -2.25. The van der Waals surface area contributed by atoms with Crippen LogP contribution in [0.25, 0.3) is 0 Å². The number of aromatic nitrogens is 1.